The van der Waals surface area contributed by atoms with Gasteiger partial charge in [0.05, 0.1) is 5.57 Å². The van der Waals surface area contributed by atoms with Crippen molar-refractivity contribution in [2.75, 3.05) is 0 Å². The number of hydrogen-bond donors (Lipinski definition) is 1. The molecule has 2 unspecified atom stereocenters. The van der Waals surface area contributed by atoms with Crippen LogP contribution < -0.4 is 0 Å². The van der Waals surface area contributed by atoms with Gasteiger partial charge in [0.1, 0.15) is 0 Å². The molecular formula is C11H16O3. The molecule has 1 fully saturated rings. The Balaban J connectivity index is 2.78. The molecule has 0 bridgehead atoms. The van der Waals surface area contributed by atoms with Gasteiger partial charge in [-0.25, -0.2) is 4.79 Å². The zero-order valence-electron chi connectivity index (χ0n) is 8.62. The summed E-state index contributed by atoms with van der Waals surface area (Å²) in [5.41, 5.74) is -0.0521. The van der Waals surface area contributed by atoms with Crippen LogP contribution in [0.15, 0.2) is 11.6 Å². The third-order valence-corrected chi connectivity index (χ3v) is 2.98. The van der Waals surface area contributed by atoms with Gasteiger partial charge in [-0.2, -0.15) is 0 Å². The molecule has 3 heteroatoms. The Morgan fingerprint density at radius 1 is 1.36 bits per heavy atom. The van der Waals surface area contributed by atoms with Crippen LogP contribution in [-0.4, -0.2) is 16.9 Å². The molecule has 0 saturated heterocycles. The Morgan fingerprint density at radius 3 is 2.36 bits per heavy atom. The Morgan fingerprint density at radius 2 is 2.00 bits per heavy atom. The molecular weight excluding hydrogens is 180 g/mol. The molecule has 0 radical (unpaired) electrons. The number of Topliss-reactive ketones (excluding diaryl/α,β-unsaturated/α-hetero) is 1. The highest BCUT2D eigenvalue weighted by Gasteiger charge is 2.33. The molecule has 0 aliphatic heterocycles. The SMILES string of the molecule is C/C=C(/C(=O)O)C(=O)C1CCCC1C. The van der Waals surface area contributed by atoms with Gasteiger partial charge in [0.25, 0.3) is 0 Å². The van der Waals surface area contributed by atoms with Crippen LogP contribution in [0, 0.1) is 11.8 Å². The third-order valence-electron chi connectivity index (χ3n) is 2.98. The molecule has 2 atom stereocenters. The molecule has 0 heterocycles. The summed E-state index contributed by atoms with van der Waals surface area (Å²) in [6, 6.07) is 0. The standard InChI is InChI=1S/C11H16O3/c1-3-8(11(13)14)10(12)9-6-4-5-7(9)2/h3,7,9H,4-6H2,1-2H3,(H,13,14)/b8-3+. The summed E-state index contributed by atoms with van der Waals surface area (Å²) in [6.45, 7) is 3.62. The highest BCUT2D eigenvalue weighted by atomic mass is 16.4. The number of ketones is 1. The monoisotopic (exact) mass is 196 g/mol. The molecule has 1 aliphatic carbocycles. The summed E-state index contributed by atoms with van der Waals surface area (Å²) in [7, 11) is 0. The summed E-state index contributed by atoms with van der Waals surface area (Å²) in [4.78, 5) is 22.5. The van der Waals surface area contributed by atoms with Gasteiger partial charge < -0.3 is 5.11 Å². The normalized spacial score (nSPS) is 27.7. The smallest absolute Gasteiger partial charge is 0.338 e. The highest BCUT2D eigenvalue weighted by molar-refractivity contribution is 6.17. The van der Waals surface area contributed by atoms with E-state index in [2.05, 4.69) is 0 Å². The van der Waals surface area contributed by atoms with Gasteiger partial charge in [0.2, 0.25) is 0 Å². The fraction of sp³-hybridized carbons (Fsp3) is 0.636. The van der Waals surface area contributed by atoms with Crippen LogP contribution in [0.2, 0.25) is 0 Å². The van der Waals surface area contributed by atoms with Crippen molar-refractivity contribution in [2.24, 2.45) is 11.8 Å². The number of aliphatic carboxylic acids is 1. The Hall–Kier alpha value is -1.12. The van der Waals surface area contributed by atoms with Gasteiger partial charge in [-0.3, -0.25) is 4.79 Å². The number of allylic oxidation sites excluding steroid dienone is 1. The lowest BCUT2D eigenvalue weighted by Crippen LogP contribution is -2.23. The fourth-order valence-corrected chi connectivity index (χ4v) is 2.11. The van der Waals surface area contributed by atoms with Crippen molar-refractivity contribution < 1.29 is 14.7 Å². The maximum atomic E-state index is 11.8. The number of carboxylic acids is 1. The minimum Gasteiger partial charge on any atom is -0.478 e. The number of hydrogen-bond acceptors (Lipinski definition) is 2. The van der Waals surface area contributed by atoms with Crippen LogP contribution in [0.25, 0.3) is 0 Å². The Labute approximate surface area is 83.8 Å². The van der Waals surface area contributed by atoms with Crippen LogP contribution in [0.5, 0.6) is 0 Å². The van der Waals surface area contributed by atoms with Crippen LogP contribution in [0.1, 0.15) is 33.1 Å². The summed E-state index contributed by atoms with van der Waals surface area (Å²) >= 11 is 0. The molecule has 0 amide bonds. The van der Waals surface area contributed by atoms with Crippen molar-refractivity contribution in [3.63, 3.8) is 0 Å². The van der Waals surface area contributed by atoms with E-state index in [9.17, 15) is 9.59 Å². The van der Waals surface area contributed by atoms with Crippen molar-refractivity contribution in [3.8, 4) is 0 Å². The number of carbonyl (C=O) groups excluding carboxylic acids is 1. The van der Waals surface area contributed by atoms with E-state index in [1.54, 1.807) is 6.92 Å². The second kappa shape index (κ2) is 4.40. The zero-order valence-corrected chi connectivity index (χ0v) is 8.62. The predicted octanol–water partition coefficient (Wildman–Crippen LogP) is 2.02. The van der Waals surface area contributed by atoms with Crippen LogP contribution in [0.4, 0.5) is 0 Å². The van der Waals surface area contributed by atoms with Crippen LogP contribution in [0.3, 0.4) is 0 Å². The largest absolute Gasteiger partial charge is 0.478 e. The first-order valence-corrected chi connectivity index (χ1v) is 5.01. The first-order chi connectivity index (χ1) is 6.57. The minimum atomic E-state index is -1.10. The molecule has 0 aromatic rings. The molecule has 0 aromatic heterocycles. The summed E-state index contributed by atoms with van der Waals surface area (Å²) in [5.74, 6) is -1.03. The minimum absolute atomic E-state index is 0.0521. The molecule has 1 N–H and O–H groups in total. The van der Waals surface area contributed by atoms with Gasteiger partial charge in [-0.05, 0) is 25.7 Å². The number of rotatable bonds is 3. The lowest BCUT2D eigenvalue weighted by Gasteiger charge is -2.13. The first kappa shape index (κ1) is 11.0. The van der Waals surface area contributed by atoms with Crippen molar-refractivity contribution in [1.29, 1.82) is 0 Å². The Bertz CT molecular complexity index is 278. The lowest BCUT2D eigenvalue weighted by atomic mass is 9.89. The molecule has 3 nitrogen and oxygen atoms in total. The highest BCUT2D eigenvalue weighted by Crippen LogP contribution is 2.33. The van der Waals surface area contributed by atoms with Gasteiger partial charge >= 0.3 is 5.97 Å². The Kier molecular flexibility index (Phi) is 3.44. The van der Waals surface area contributed by atoms with Crippen molar-refractivity contribution in [3.05, 3.63) is 11.6 Å². The van der Waals surface area contributed by atoms with E-state index in [1.807, 2.05) is 6.92 Å². The van der Waals surface area contributed by atoms with Crippen LogP contribution in [-0.2, 0) is 9.59 Å². The van der Waals surface area contributed by atoms with Gasteiger partial charge in [-0.1, -0.05) is 19.4 Å². The molecule has 14 heavy (non-hydrogen) atoms. The van der Waals surface area contributed by atoms with Gasteiger partial charge in [0.15, 0.2) is 5.78 Å². The molecule has 78 valence electrons. The number of carbonyl (C=O) groups is 2. The zero-order chi connectivity index (χ0) is 10.7. The maximum Gasteiger partial charge on any atom is 0.338 e. The molecule has 0 aromatic carbocycles. The van der Waals surface area contributed by atoms with Crippen molar-refractivity contribution in [1.82, 2.24) is 0 Å². The van der Waals surface area contributed by atoms with E-state index in [4.69, 9.17) is 5.11 Å². The molecule has 1 aliphatic rings. The summed E-state index contributed by atoms with van der Waals surface area (Å²) < 4.78 is 0. The topological polar surface area (TPSA) is 54.4 Å². The van der Waals surface area contributed by atoms with Gasteiger partial charge in [-0.15, -0.1) is 0 Å². The van der Waals surface area contributed by atoms with Crippen molar-refractivity contribution >= 4 is 11.8 Å². The van der Waals surface area contributed by atoms with E-state index in [1.165, 1.54) is 6.08 Å². The predicted molar refractivity (Wildman–Crippen MR) is 52.9 cm³/mol. The van der Waals surface area contributed by atoms with E-state index in [0.717, 1.165) is 19.3 Å². The quantitative estimate of drug-likeness (QED) is 0.427. The fourth-order valence-electron chi connectivity index (χ4n) is 2.11. The molecule has 1 saturated carbocycles. The summed E-state index contributed by atoms with van der Waals surface area (Å²) in [5, 5.41) is 8.80. The summed E-state index contributed by atoms with van der Waals surface area (Å²) in [6.07, 6.45) is 4.31. The van der Waals surface area contributed by atoms with Crippen molar-refractivity contribution in [2.45, 2.75) is 33.1 Å². The average molecular weight is 196 g/mol. The van der Waals surface area contributed by atoms with E-state index >= 15 is 0 Å². The molecule has 1 rings (SSSR count). The van der Waals surface area contributed by atoms with Gasteiger partial charge in [0, 0.05) is 5.92 Å². The maximum absolute atomic E-state index is 11.8. The second-order valence-corrected chi connectivity index (χ2v) is 3.89. The third kappa shape index (κ3) is 2.03. The van der Waals surface area contributed by atoms with E-state index < -0.39 is 5.97 Å². The first-order valence-electron chi connectivity index (χ1n) is 5.01. The second-order valence-electron chi connectivity index (χ2n) is 3.89. The molecule has 0 spiro atoms. The van der Waals surface area contributed by atoms with E-state index in [0.29, 0.717) is 5.92 Å². The number of carboxylic acid groups (broad SMARTS) is 1. The van der Waals surface area contributed by atoms with E-state index in [-0.39, 0.29) is 17.3 Å². The average Bonchev–Trinajstić information content (AvgIpc) is 2.51. The lowest BCUT2D eigenvalue weighted by molar-refractivity contribution is -0.135. The van der Waals surface area contributed by atoms with Crippen LogP contribution >= 0.6 is 0 Å².